The van der Waals surface area contributed by atoms with Crippen molar-refractivity contribution in [3.05, 3.63) is 0 Å². The molecule has 0 radical (unpaired) electrons. The van der Waals surface area contributed by atoms with Crippen molar-refractivity contribution in [3.63, 3.8) is 0 Å². The van der Waals surface area contributed by atoms with E-state index in [0.29, 0.717) is 0 Å². The van der Waals surface area contributed by atoms with Crippen LogP contribution in [0.25, 0.3) is 0 Å². The van der Waals surface area contributed by atoms with E-state index in [4.69, 9.17) is 0 Å². The highest BCUT2D eigenvalue weighted by Gasteiger charge is 2.45. The lowest BCUT2D eigenvalue weighted by Crippen LogP contribution is -2.37. The summed E-state index contributed by atoms with van der Waals surface area (Å²) in [5.41, 5.74) is -5.18. The molecule has 0 amide bonds. The molecule has 0 spiro atoms. The molecule has 0 saturated carbocycles. The minimum atomic E-state index is -5.18. The third kappa shape index (κ3) is 3.03. The molecule has 3 nitrogen and oxygen atoms in total. The molecule has 1 N–H and O–H groups in total. The van der Waals surface area contributed by atoms with Crippen molar-refractivity contribution >= 4 is 20.9 Å². The highest BCUT2D eigenvalue weighted by molar-refractivity contribution is 8.17. The Morgan fingerprint density at radius 3 is 2.14 bits per heavy atom. The van der Waals surface area contributed by atoms with Crippen molar-refractivity contribution in [2.45, 2.75) is 18.3 Å². The highest BCUT2D eigenvalue weighted by Crippen LogP contribution is 2.34. The SMILES string of the molecule is O=S(=O)(NC[SH]1CCCC1)C(F)(F)F. The smallest absolute Gasteiger partial charge is 0.240 e. The minimum Gasteiger partial charge on any atom is -0.240 e. The van der Waals surface area contributed by atoms with Gasteiger partial charge in [-0.2, -0.15) is 17.9 Å². The quantitative estimate of drug-likeness (QED) is 0.740. The maximum atomic E-state index is 11.9. The Balaban J connectivity index is 2.44. The average molecular weight is 251 g/mol. The molecule has 1 aliphatic rings. The summed E-state index contributed by atoms with van der Waals surface area (Å²) in [4.78, 5) is 0. The first-order valence-corrected chi connectivity index (χ1v) is 7.49. The summed E-state index contributed by atoms with van der Waals surface area (Å²) in [6.07, 6.45) is 2.00. The second kappa shape index (κ2) is 4.28. The summed E-state index contributed by atoms with van der Waals surface area (Å²) >= 11 is 0. The van der Waals surface area contributed by atoms with Crippen molar-refractivity contribution in [2.24, 2.45) is 0 Å². The van der Waals surface area contributed by atoms with Crippen molar-refractivity contribution in [1.29, 1.82) is 0 Å². The molecule has 14 heavy (non-hydrogen) atoms. The highest BCUT2D eigenvalue weighted by atomic mass is 32.2. The predicted octanol–water partition coefficient (Wildman–Crippen LogP) is 1.18. The van der Waals surface area contributed by atoms with Crippen LogP contribution >= 0.6 is 10.9 Å². The van der Waals surface area contributed by atoms with Gasteiger partial charge in [0.2, 0.25) is 0 Å². The number of hydrogen-bond acceptors (Lipinski definition) is 2. The van der Waals surface area contributed by atoms with Crippen LogP contribution in [-0.4, -0.2) is 31.3 Å². The first-order valence-electron chi connectivity index (χ1n) is 4.11. The van der Waals surface area contributed by atoms with E-state index in [-0.39, 0.29) is 5.88 Å². The van der Waals surface area contributed by atoms with E-state index in [1.807, 2.05) is 0 Å². The molecule has 0 atom stereocenters. The third-order valence-electron chi connectivity index (χ3n) is 1.98. The largest absolute Gasteiger partial charge is 0.511 e. The second-order valence-corrected chi connectivity index (χ2v) is 7.39. The Morgan fingerprint density at radius 2 is 1.71 bits per heavy atom. The lowest BCUT2D eigenvalue weighted by atomic mass is 10.4. The summed E-state index contributed by atoms with van der Waals surface area (Å²) in [7, 11) is -5.67. The van der Waals surface area contributed by atoms with Crippen LogP contribution in [-0.2, 0) is 10.0 Å². The van der Waals surface area contributed by atoms with Crippen LogP contribution in [0, 0.1) is 0 Å². The molecule has 8 heteroatoms. The fourth-order valence-corrected chi connectivity index (χ4v) is 4.65. The number of rotatable bonds is 3. The number of nitrogens with one attached hydrogen (secondary N) is 1. The van der Waals surface area contributed by atoms with Crippen LogP contribution in [0.1, 0.15) is 12.8 Å². The maximum Gasteiger partial charge on any atom is 0.511 e. The summed E-state index contributed by atoms with van der Waals surface area (Å²) < 4.78 is 58.4. The Morgan fingerprint density at radius 1 is 1.21 bits per heavy atom. The zero-order chi connectivity index (χ0) is 10.8. The van der Waals surface area contributed by atoms with Gasteiger partial charge in [-0.25, -0.2) is 19.3 Å². The number of halogens is 3. The Labute approximate surface area is 83.5 Å². The number of sulfonamides is 1. The topological polar surface area (TPSA) is 46.2 Å². The normalized spacial score (nSPS) is 21.5. The average Bonchev–Trinajstić information content (AvgIpc) is 2.50. The molecule has 0 aromatic heterocycles. The van der Waals surface area contributed by atoms with Crippen LogP contribution in [0.3, 0.4) is 0 Å². The van der Waals surface area contributed by atoms with E-state index in [2.05, 4.69) is 0 Å². The van der Waals surface area contributed by atoms with Crippen LogP contribution in [0.15, 0.2) is 0 Å². The molecule has 1 saturated heterocycles. The zero-order valence-corrected chi connectivity index (χ0v) is 9.05. The molecule has 0 aliphatic carbocycles. The van der Waals surface area contributed by atoms with Crippen LogP contribution in [0.4, 0.5) is 13.2 Å². The molecule has 0 unspecified atom stereocenters. The van der Waals surface area contributed by atoms with Gasteiger partial charge in [-0.1, -0.05) is 0 Å². The maximum absolute atomic E-state index is 11.9. The van der Waals surface area contributed by atoms with E-state index < -0.39 is 26.4 Å². The summed E-state index contributed by atoms with van der Waals surface area (Å²) in [5.74, 6) is 1.71. The number of hydrogen-bond donors (Lipinski definition) is 2. The first-order chi connectivity index (χ1) is 6.33. The number of thiol groups is 1. The fraction of sp³-hybridized carbons (Fsp3) is 1.00. The summed E-state index contributed by atoms with van der Waals surface area (Å²) in [6.45, 7) is 0. The van der Waals surface area contributed by atoms with E-state index in [1.54, 1.807) is 4.72 Å². The van der Waals surface area contributed by atoms with Gasteiger partial charge < -0.3 is 0 Å². The van der Waals surface area contributed by atoms with Crippen molar-refractivity contribution < 1.29 is 21.6 Å². The molecule has 1 heterocycles. The van der Waals surface area contributed by atoms with E-state index in [9.17, 15) is 21.6 Å². The number of alkyl halides is 3. The predicted molar refractivity (Wildman–Crippen MR) is 50.9 cm³/mol. The second-order valence-electron chi connectivity index (χ2n) is 3.08. The van der Waals surface area contributed by atoms with Gasteiger partial charge in [-0.3, -0.25) is 0 Å². The molecule has 1 fully saturated rings. The Bertz CT molecular complexity index is 282. The fourth-order valence-electron chi connectivity index (χ4n) is 1.20. The molecule has 86 valence electrons. The summed E-state index contributed by atoms with van der Waals surface area (Å²) in [6, 6.07) is 0. The molecular formula is C6H12F3NO2S2. The van der Waals surface area contributed by atoms with E-state index in [0.717, 1.165) is 24.3 Å². The van der Waals surface area contributed by atoms with Crippen molar-refractivity contribution in [2.75, 3.05) is 17.4 Å². The lowest BCUT2D eigenvalue weighted by Gasteiger charge is -2.15. The van der Waals surface area contributed by atoms with Crippen LogP contribution in [0.5, 0.6) is 0 Å². The van der Waals surface area contributed by atoms with Gasteiger partial charge in [0.1, 0.15) is 0 Å². The van der Waals surface area contributed by atoms with Gasteiger partial charge in [-0.05, 0) is 24.3 Å². The van der Waals surface area contributed by atoms with Crippen LogP contribution in [0.2, 0.25) is 0 Å². The lowest BCUT2D eigenvalue weighted by molar-refractivity contribution is -0.0446. The molecule has 1 aliphatic heterocycles. The minimum absolute atomic E-state index is 0.0306. The Hall–Kier alpha value is 0.0500. The van der Waals surface area contributed by atoms with Crippen LogP contribution < -0.4 is 4.72 Å². The van der Waals surface area contributed by atoms with Crippen molar-refractivity contribution in [3.8, 4) is 0 Å². The first kappa shape index (κ1) is 12.1. The van der Waals surface area contributed by atoms with Gasteiger partial charge in [0.15, 0.2) is 0 Å². The van der Waals surface area contributed by atoms with Gasteiger partial charge in [0, 0.05) is 5.88 Å². The van der Waals surface area contributed by atoms with Gasteiger partial charge in [-0.15, -0.1) is 0 Å². The van der Waals surface area contributed by atoms with E-state index >= 15 is 0 Å². The Kier molecular flexibility index (Phi) is 3.70. The molecule has 0 aromatic carbocycles. The third-order valence-corrected chi connectivity index (χ3v) is 5.83. The monoisotopic (exact) mass is 251 g/mol. The zero-order valence-electron chi connectivity index (χ0n) is 7.34. The molecular weight excluding hydrogens is 239 g/mol. The molecule has 1 rings (SSSR count). The van der Waals surface area contributed by atoms with Gasteiger partial charge >= 0.3 is 15.5 Å². The standard InChI is InChI=1S/C6H12F3NO2S2/c7-6(8,9)14(11,12)10-5-13-3-1-2-4-13/h10,13H,1-5H2. The van der Waals surface area contributed by atoms with Crippen molar-refractivity contribution in [1.82, 2.24) is 4.72 Å². The van der Waals surface area contributed by atoms with E-state index in [1.165, 1.54) is 0 Å². The molecule has 0 aromatic rings. The summed E-state index contributed by atoms with van der Waals surface area (Å²) in [5, 5.41) is 0. The van der Waals surface area contributed by atoms with Gasteiger partial charge in [0.05, 0.1) is 0 Å². The van der Waals surface area contributed by atoms with Gasteiger partial charge in [0.25, 0.3) is 0 Å². The molecule has 0 bridgehead atoms.